The highest BCUT2D eigenvalue weighted by atomic mass is 16.5. The minimum absolute atomic E-state index is 0.612. The van der Waals surface area contributed by atoms with E-state index in [-0.39, 0.29) is 0 Å². The zero-order chi connectivity index (χ0) is 15.1. The number of ether oxygens (including phenoxy) is 2. The molecule has 1 saturated carbocycles. The van der Waals surface area contributed by atoms with E-state index in [2.05, 4.69) is 18.3 Å². The Morgan fingerprint density at radius 1 is 1.14 bits per heavy atom. The van der Waals surface area contributed by atoms with Gasteiger partial charge in [0.25, 0.3) is 0 Å². The van der Waals surface area contributed by atoms with Crippen molar-refractivity contribution < 1.29 is 9.47 Å². The second-order valence-corrected chi connectivity index (χ2v) is 5.97. The van der Waals surface area contributed by atoms with Gasteiger partial charge >= 0.3 is 0 Å². The van der Waals surface area contributed by atoms with Crippen LogP contribution in [0.5, 0.6) is 11.5 Å². The van der Waals surface area contributed by atoms with Gasteiger partial charge in [-0.1, -0.05) is 26.2 Å². The molecule has 1 fully saturated rings. The van der Waals surface area contributed by atoms with Gasteiger partial charge in [-0.3, -0.25) is 0 Å². The van der Waals surface area contributed by atoms with Crippen molar-refractivity contribution >= 4 is 0 Å². The molecule has 1 unspecified atom stereocenters. The number of benzene rings is 1. The fraction of sp³-hybridized carbons (Fsp3) is 0.667. The lowest BCUT2D eigenvalue weighted by molar-refractivity contribution is 0.261. The first-order valence-corrected chi connectivity index (χ1v) is 8.22. The first kappa shape index (κ1) is 16.2. The molecule has 0 bridgehead atoms. The highest BCUT2D eigenvalue weighted by molar-refractivity contribution is 5.40. The van der Waals surface area contributed by atoms with Crippen LogP contribution >= 0.6 is 0 Å². The zero-order valence-electron chi connectivity index (χ0n) is 13.7. The summed E-state index contributed by atoms with van der Waals surface area (Å²) in [6.07, 6.45) is 8.14. The maximum atomic E-state index is 5.46. The molecule has 0 amide bonds. The SMILES string of the molecule is CCC(NCc1cc(OC)ccc1OC)C1CCCCC1. The van der Waals surface area contributed by atoms with Gasteiger partial charge in [0.05, 0.1) is 14.2 Å². The maximum Gasteiger partial charge on any atom is 0.123 e. The molecule has 3 heteroatoms. The second-order valence-electron chi connectivity index (χ2n) is 5.97. The number of nitrogens with one attached hydrogen (secondary N) is 1. The third-order valence-corrected chi connectivity index (χ3v) is 4.70. The van der Waals surface area contributed by atoms with E-state index in [0.29, 0.717) is 6.04 Å². The third-order valence-electron chi connectivity index (χ3n) is 4.70. The van der Waals surface area contributed by atoms with Crippen molar-refractivity contribution in [3.63, 3.8) is 0 Å². The summed E-state index contributed by atoms with van der Waals surface area (Å²) in [5.41, 5.74) is 1.17. The average Bonchev–Trinajstić information content (AvgIpc) is 2.56. The van der Waals surface area contributed by atoms with Gasteiger partial charge in [0.2, 0.25) is 0 Å². The largest absolute Gasteiger partial charge is 0.497 e. The lowest BCUT2D eigenvalue weighted by Crippen LogP contribution is -2.36. The van der Waals surface area contributed by atoms with Gasteiger partial charge in [0, 0.05) is 18.2 Å². The molecule has 0 saturated heterocycles. The Balaban J connectivity index is 1.99. The van der Waals surface area contributed by atoms with Crippen molar-refractivity contribution in [2.45, 2.75) is 58.0 Å². The normalized spacial score (nSPS) is 17.5. The highest BCUT2D eigenvalue weighted by Crippen LogP contribution is 2.29. The summed E-state index contributed by atoms with van der Waals surface area (Å²) in [4.78, 5) is 0. The van der Waals surface area contributed by atoms with Crippen LogP contribution in [-0.2, 0) is 6.54 Å². The quantitative estimate of drug-likeness (QED) is 0.818. The van der Waals surface area contributed by atoms with E-state index in [0.717, 1.165) is 24.0 Å². The summed E-state index contributed by atoms with van der Waals surface area (Å²) < 4.78 is 10.8. The molecule has 1 aliphatic carbocycles. The van der Waals surface area contributed by atoms with Crippen LogP contribution in [0.15, 0.2) is 18.2 Å². The van der Waals surface area contributed by atoms with E-state index in [4.69, 9.17) is 9.47 Å². The molecular weight excluding hydrogens is 262 g/mol. The van der Waals surface area contributed by atoms with Crippen LogP contribution in [-0.4, -0.2) is 20.3 Å². The second kappa shape index (κ2) is 8.28. The van der Waals surface area contributed by atoms with Gasteiger partial charge in [-0.25, -0.2) is 0 Å². The lowest BCUT2D eigenvalue weighted by Gasteiger charge is -2.30. The lowest BCUT2D eigenvalue weighted by atomic mass is 9.83. The average molecular weight is 291 g/mol. The number of rotatable bonds is 7. The van der Waals surface area contributed by atoms with E-state index in [1.807, 2.05) is 12.1 Å². The standard InChI is InChI=1S/C18H29NO2/c1-4-17(14-8-6-5-7-9-14)19-13-15-12-16(20-2)10-11-18(15)21-3/h10-12,14,17,19H,4-9,13H2,1-3H3. The summed E-state index contributed by atoms with van der Waals surface area (Å²) >= 11 is 0. The summed E-state index contributed by atoms with van der Waals surface area (Å²) in [5, 5.41) is 3.75. The predicted octanol–water partition coefficient (Wildman–Crippen LogP) is 4.15. The molecule has 0 radical (unpaired) electrons. The molecular formula is C18H29NO2. The van der Waals surface area contributed by atoms with E-state index in [1.54, 1.807) is 14.2 Å². The Labute approximate surface area is 129 Å². The fourth-order valence-electron chi connectivity index (χ4n) is 3.44. The summed E-state index contributed by atoms with van der Waals surface area (Å²) in [7, 11) is 3.43. The Bertz CT molecular complexity index is 427. The molecule has 0 aromatic heterocycles. The van der Waals surface area contributed by atoms with Gasteiger partial charge in [-0.2, -0.15) is 0 Å². The van der Waals surface area contributed by atoms with E-state index in [1.165, 1.54) is 44.1 Å². The van der Waals surface area contributed by atoms with Gasteiger partial charge < -0.3 is 14.8 Å². The van der Waals surface area contributed by atoms with Crippen LogP contribution in [0, 0.1) is 5.92 Å². The van der Waals surface area contributed by atoms with Crippen LogP contribution < -0.4 is 14.8 Å². The first-order valence-electron chi connectivity index (χ1n) is 8.22. The summed E-state index contributed by atoms with van der Waals surface area (Å²) in [6, 6.07) is 6.61. The monoisotopic (exact) mass is 291 g/mol. The minimum atomic E-state index is 0.612. The Morgan fingerprint density at radius 2 is 1.90 bits per heavy atom. The first-order chi connectivity index (χ1) is 10.3. The Morgan fingerprint density at radius 3 is 2.52 bits per heavy atom. The van der Waals surface area contributed by atoms with Gasteiger partial charge in [-0.15, -0.1) is 0 Å². The Kier molecular flexibility index (Phi) is 6.37. The molecule has 0 heterocycles. The fourth-order valence-corrected chi connectivity index (χ4v) is 3.44. The molecule has 0 spiro atoms. The van der Waals surface area contributed by atoms with E-state index < -0.39 is 0 Å². The molecule has 0 aliphatic heterocycles. The molecule has 1 aromatic carbocycles. The van der Waals surface area contributed by atoms with Crippen LogP contribution in [0.2, 0.25) is 0 Å². The van der Waals surface area contributed by atoms with Crippen molar-refractivity contribution in [3.05, 3.63) is 23.8 Å². The molecule has 1 N–H and O–H groups in total. The summed E-state index contributed by atoms with van der Waals surface area (Å²) in [5.74, 6) is 2.65. The molecule has 2 rings (SSSR count). The van der Waals surface area contributed by atoms with Crippen LogP contribution in [0.3, 0.4) is 0 Å². The van der Waals surface area contributed by atoms with Crippen LogP contribution in [0.4, 0.5) is 0 Å². The zero-order valence-corrected chi connectivity index (χ0v) is 13.7. The van der Waals surface area contributed by atoms with Crippen molar-refractivity contribution in [2.75, 3.05) is 14.2 Å². The topological polar surface area (TPSA) is 30.5 Å². The molecule has 1 atom stereocenters. The van der Waals surface area contributed by atoms with Crippen molar-refractivity contribution in [1.82, 2.24) is 5.32 Å². The van der Waals surface area contributed by atoms with Crippen molar-refractivity contribution in [3.8, 4) is 11.5 Å². The third kappa shape index (κ3) is 4.37. The van der Waals surface area contributed by atoms with Crippen LogP contribution in [0.1, 0.15) is 51.0 Å². The predicted molar refractivity (Wildman–Crippen MR) is 87.0 cm³/mol. The van der Waals surface area contributed by atoms with E-state index in [9.17, 15) is 0 Å². The molecule has 118 valence electrons. The molecule has 21 heavy (non-hydrogen) atoms. The highest BCUT2D eigenvalue weighted by Gasteiger charge is 2.22. The van der Waals surface area contributed by atoms with Crippen molar-refractivity contribution in [2.24, 2.45) is 5.92 Å². The minimum Gasteiger partial charge on any atom is -0.497 e. The van der Waals surface area contributed by atoms with Gasteiger partial charge in [-0.05, 0) is 43.4 Å². The molecule has 3 nitrogen and oxygen atoms in total. The number of hydrogen-bond donors (Lipinski definition) is 1. The smallest absolute Gasteiger partial charge is 0.123 e. The number of methoxy groups -OCH3 is 2. The number of hydrogen-bond acceptors (Lipinski definition) is 3. The van der Waals surface area contributed by atoms with Crippen molar-refractivity contribution in [1.29, 1.82) is 0 Å². The van der Waals surface area contributed by atoms with Gasteiger partial charge in [0.1, 0.15) is 11.5 Å². The maximum absolute atomic E-state index is 5.46. The van der Waals surface area contributed by atoms with Crippen LogP contribution in [0.25, 0.3) is 0 Å². The Hall–Kier alpha value is -1.22. The summed E-state index contributed by atoms with van der Waals surface area (Å²) in [6.45, 7) is 3.13. The van der Waals surface area contributed by atoms with E-state index >= 15 is 0 Å². The van der Waals surface area contributed by atoms with Gasteiger partial charge in [0.15, 0.2) is 0 Å². The molecule has 1 aliphatic rings. The molecule has 1 aromatic rings.